The first-order valence-electron chi connectivity index (χ1n) is 8.02. The Balaban J connectivity index is 2.05. The van der Waals surface area contributed by atoms with Gasteiger partial charge in [0.25, 0.3) is 0 Å². The zero-order valence-electron chi connectivity index (χ0n) is 13.6. The minimum atomic E-state index is -0.585. The zero-order chi connectivity index (χ0) is 17.0. The van der Waals surface area contributed by atoms with Crippen molar-refractivity contribution in [1.29, 1.82) is 0 Å². The largest absolute Gasteiger partial charge is 0.343 e. The lowest BCUT2D eigenvalue weighted by Crippen LogP contribution is -2.55. The molecule has 0 saturated carbocycles. The number of benzene rings is 1. The number of carbonyl (C=O) groups excluding carboxylic acids is 2. The number of nitrogens with one attached hydrogen (secondary N) is 1. The standard InChI is InChI=1S/C17H24ClN3O2/c1-11(2)10-13(19)16(22)20-14-7-5-9-21(17(14)23)15-8-4-3-6-12(15)18/h3-4,6,8,11,13-14H,5,7,9-10,19H2,1-2H3,(H,20,22)/t13-,14?/m0/s1. The third kappa shape index (κ3) is 4.45. The first-order valence-corrected chi connectivity index (χ1v) is 8.39. The number of nitrogens with two attached hydrogens (primary N) is 1. The van der Waals surface area contributed by atoms with Gasteiger partial charge < -0.3 is 16.0 Å². The average molecular weight is 338 g/mol. The molecular formula is C17H24ClN3O2. The summed E-state index contributed by atoms with van der Waals surface area (Å²) < 4.78 is 0. The molecule has 1 aromatic carbocycles. The number of nitrogens with zero attached hydrogens (tertiary/aromatic N) is 1. The molecular weight excluding hydrogens is 314 g/mol. The zero-order valence-corrected chi connectivity index (χ0v) is 14.3. The van der Waals surface area contributed by atoms with Gasteiger partial charge in [-0.05, 0) is 37.3 Å². The van der Waals surface area contributed by atoms with Gasteiger partial charge in [0.1, 0.15) is 6.04 Å². The van der Waals surface area contributed by atoms with Crippen LogP contribution in [0.15, 0.2) is 24.3 Å². The van der Waals surface area contributed by atoms with E-state index in [1.54, 1.807) is 11.0 Å². The van der Waals surface area contributed by atoms with E-state index in [1.165, 1.54) is 0 Å². The predicted octanol–water partition coefficient (Wildman–Crippen LogP) is 2.33. The topological polar surface area (TPSA) is 75.4 Å². The first-order chi connectivity index (χ1) is 10.9. The monoisotopic (exact) mass is 337 g/mol. The summed E-state index contributed by atoms with van der Waals surface area (Å²) in [5.74, 6) is -0.0649. The second-order valence-corrected chi connectivity index (χ2v) is 6.79. The number of rotatable bonds is 5. The number of para-hydroxylation sites is 1. The summed E-state index contributed by atoms with van der Waals surface area (Å²) >= 11 is 6.18. The van der Waals surface area contributed by atoms with E-state index in [0.29, 0.717) is 36.0 Å². The van der Waals surface area contributed by atoms with Gasteiger partial charge in [0, 0.05) is 6.54 Å². The first kappa shape index (κ1) is 17.8. The van der Waals surface area contributed by atoms with Gasteiger partial charge in [0.05, 0.1) is 16.8 Å². The van der Waals surface area contributed by atoms with E-state index in [0.717, 1.165) is 6.42 Å². The van der Waals surface area contributed by atoms with Crippen LogP contribution in [0.5, 0.6) is 0 Å². The predicted molar refractivity (Wildman–Crippen MR) is 92.4 cm³/mol. The van der Waals surface area contributed by atoms with E-state index in [4.69, 9.17) is 17.3 Å². The maximum absolute atomic E-state index is 12.7. The van der Waals surface area contributed by atoms with Crippen molar-refractivity contribution >= 4 is 29.1 Å². The van der Waals surface area contributed by atoms with Crippen molar-refractivity contribution in [3.63, 3.8) is 0 Å². The Morgan fingerprint density at radius 1 is 1.43 bits per heavy atom. The molecule has 1 saturated heterocycles. The van der Waals surface area contributed by atoms with Gasteiger partial charge in [-0.2, -0.15) is 0 Å². The van der Waals surface area contributed by atoms with Gasteiger partial charge in [-0.1, -0.05) is 37.6 Å². The van der Waals surface area contributed by atoms with Gasteiger partial charge in [0.2, 0.25) is 11.8 Å². The normalized spacial score (nSPS) is 19.8. The lowest BCUT2D eigenvalue weighted by atomic mass is 10.0. The maximum atomic E-state index is 12.7. The summed E-state index contributed by atoms with van der Waals surface area (Å²) in [6.45, 7) is 4.63. The summed E-state index contributed by atoms with van der Waals surface area (Å²) in [6, 6.07) is 6.11. The Labute approximate surface area is 142 Å². The molecule has 6 heteroatoms. The van der Waals surface area contributed by atoms with Crippen LogP contribution in [0.25, 0.3) is 0 Å². The van der Waals surface area contributed by atoms with E-state index in [9.17, 15) is 9.59 Å². The molecule has 2 rings (SSSR count). The summed E-state index contributed by atoms with van der Waals surface area (Å²) in [5.41, 5.74) is 6.58. The van der Waals surface area contributed by atoms with Crippen LogP contribution in [0, 0.1) is 5.92 Å². The van der Waals surface area contributed by atoms with Crippen molar-refractivity contribution in [1.82, 2.24) is 5.32 Å². The lowest BCUT2D eigenvalue weighted by Gasteiger charge is -2.33. The van der Waals surface area contributed by atoms with Crippen LogP contribution in [0.2, 0.25) is 5.02 Å². The molecule has 1 aliphatic rings. The Hall–Kier alpha value is -1.59. The lowest BCUT2D eigenvalue weighted by molar-refractivity contribution is -0.129. The Morgan fingerprint density at radius 3 is 2.78 bits per heavy atom. The van der Waals surface area contributed by atoms with Crippen molar-refractivity contribution < 1.29 is 9.59 Å². The second-order valence-electron chi connectivity index (χ2n) is 6.38. The Bertz CT molecular complexity index is 577. The molecule has 0 aromatic heterocycles. The number of carbonyl (C=O) groups is 2. The fourth-order valence-corrected chi connectivity index (χ4v) is 3.05. The highest BCUT2D eigenvalue weighted by Gasteiger charge is 2.32. The van der Waals surface area contributed by atoms with E-state index in [1.807, 2.05) is 32.0 Å². The van der Waals surface area contributed by atoms with Gasteiger partial charge in [-0.3, -0.25) is 9.59 Å². The van der Waals surface area contributed by atoms with E-state index in [2.05, 4.69) is 5.32 Å². The molecule has 126 valence electrons. The fraction of sp³-hybridized carbons (Fsp3) is 0.529. The molecule has 2 atom stereocenters. The van der Waals surface area contributed by atoms with Crippen LogP contribution < -0.4 is 16.0 Å². The van der Waals surface area contributed by atoms with Crippen LogP contribution in [0.4, 0.5) is 5.69 Å². The second kappa shape index (κ2) is 7.79. The van der Waals surface area contributed by atoms with E-state index >= 15 is 0 Å². The van der Waals surface area contributed by atoms with E-state index in [-0.39, 0.29) is 11.8 Å². The summed E-state index contributed by atoms with van der Waals surface area (Å²) in [7, 11) is 0. The maximum Gasteiger partial charge on any atom is 0.249 e. The number of piperidine rings is 1. The Morgan fingerprint density at radius 2 is 2.13 bits per heavy atom. The number of hydrogen-bond acceptors (Lipinski definition) is 3. The molecule has 3 N–H and O–H groups in total. The van der Waals surface area contributed by atoms with Crippen molar-refractivity contribution in [2.75, 3.05) is 11.4 Å². The van der Waals surface area contributed by atoms with Gasteiger partial charge in [-0.25, -0.2) is 0 Å². The number of hydrogen-bond donors (Lipinski definition) is 2. The molecule has 0 radical (unpaired) electrons. The van der Waals surface area contributed by atoms with Crippen molar-refractivity contribution in [2.45, 2.75) is 45.2 Å². The van der Waals surface area contributed by atoms with Gasteiger partial charge >= 0.3 is 0 Å². The summed E-state index contributed by atoms with van der Waals surface area (Å²) in [6.07, 6.45) is 2.03. The highest BCUT2D eigenvalue weighted by atomic mass is 35.5. The highest BCUT2D eigenvalue weighted by Crippen LogP contribution is 2.28. The summed E-state index contributed by atoms with van der Waals surface area (Å²) in [5, 5.41) is 3.33. The number of halogens is 1. The fourth-order valence-electron chi connectivity index (χ4n) is 2.81. The molecule has 1 fully saturated rings. The molecule has 2 amide bonds. The molecule has 23 heavy (non-hydrogen) atoms. The molecule has 5 nitrogen and oxygen atoms in total. The van der Waals surface area contributed by atoms with Gasteiger partial charge in [0.15, 0.2) is 0 Å². The summed E-state index contributed by atoms with van der Waals surface area (Å²) in [4.78, 5) is 26.5. The minimum Gasteiger partial charge on any atom is -0.343 e. The van der Waals surface area contributed by atoms with Crippen molar-refractivity contribution in [3.8, 4) is 0 Å². The van der Waals surface area contributed by atoms with Crippen LogP contribution in [-0.2, 0) is 9.59 Å². The number of amides is 2. The minimum absolute atomic E-state index is 0.130. The van der Waals surface area contributed by atoms with Crippen LogP contribution >= 0.6 is 11.6 Å². The smallest absolute Gasteiger partial charge is 0.249 e. The molecule has 0 spiro atoms. The Kier molecular flexibility index (Phi) is 6.02. The van der Waals surface area contributed by atoms with Crippen LogP contribution in [0.1, 0.15) is 33.1 Å². The molecule has 1 aliphatic heterocycles. The van der Waals surface area contributed by atoms with Crippen molar-refractivity contribution in [2.24, 2.45) is 11.7 Å². The third-order valence-corrected chi connectivity index (χ3v) is 4.28. The van der Waals surface area contributed by atoms with Gasteiger partial charge in [-0.15, -0.1) is 0 Å². The number of anilines is 1. The molecule has 0 bridgehead atoms. The van der Waals surface area contributed by atoms with Crippen LogP contribution in [-0.4, -0.2) is 30.4 Å². The SMILES string of the molecule is CC(C)C[C@H](N)C(=O)NC1CCCN(c2ccccc2Cl)C1=O. The average Bonchev–Trinajstić information content (AvgIpc) is 2.49. The molecule has 1 heterocycles. The van der Waals surface area contributed by atoms with Crippen molar-refractivity contribution in [3.05, 3.63) is 29.3 Å². The molecule has 1 unspecified atom stereocenters. The van der Waals surface area contributed by atoms with Crippen LogP contribution in [0.3, 0.4) is 0 Å². The highest BCUT2D eigenvalue weighted by molar-refractivity contribution is 6.33. The molecule has 0 aliphatic carbocycles. The quantitative estimate of drug-likeness (QED) is 0.865. The molecule has 1 aromatic rings. The third-order valence-electron chi connectivity index (χ3n) is 3.96. The van der Waals surface area contributed by atoms with E-state index < -0.39 is 12.1 Å².